The van der Waals surface area contributed by atoms with Gasteiger partial charge in [-0.25, -0.2) is 4.39 Å². The molecule has 1 aromatic carbocycles. The van der Waals surface area contributed by atoms with Crippen LogP contribution in [0.2, 0.25) is 5.02 Å². The molecular formula is C15H13ClFNO. The van der Waals surface area contributed by atoms with Crippen LogP contribution in [0.25, 0.3) is 0 Å². The summed E-state index contributed by atoms with van der Waals surface area (Å²) >= 11 is 5.71. The van der Waals surface area contributed by atoms with E-state index in [1.807, 2.05) is 6.92 Å². The molecule has 19 heavy (non-hydrogen) atoms. The minimum atomic E-state index is -0.476. The summed E-state index contributed by atoms with van der Waals surface area (Å²) in [5.41, 5.74) is 2.29. The number of nitrogens with zero attached hydrogens (tertiary/aromatic N) is 1. The highest BCUT2D eigenvalue weighted by atomic mass is 35.5. The van der Waals surface area contributed by atoms with E-state index in [2.05, 4.69) is 4.98 Å². The van der Waals surface area contributed by atoms with Crippen LogP contribution in [0.15, 0.2) is 36.7 Å². The maximum atomic E-state index is 13.1. The largest absolute Gasteiger partial charge is 0.294 e. The zero-order valence-corrected chi connectivity index (χ0v) is 11.2. The van der Waals surface area contributed by atoms with Crippen molar-refractivity contribution in [2.45, 2.75) is 19.8 Å². The first-order valence-corrected chi connectivity index (χ1v) is 6.39. The Labute approximate surface area is 116 Å². The highest BCUT2D eigenvalue weighted by Crippen LogP contribution is 2.18. The zero-order chi connectivity index (χ0) is 13.8. The van der Waals surface area contributed by atoms with E-state index >= 15 is 0 Å². The molecule has 0 fully saturated rings. The fraction of sp³-hybridized carbons (Fsp3) is 0.200. The lowest BCUT2D eigenvalue weighted by Gasteiger charge is -2.06. The average Bonchev–Trinajstić information content (AvgIpc) is 2.43. The minimum Gasteiger partial charge on any atom is -0.294 e. The van der Waals surface area contributed by atoms with Crippen LogP contribution in [-0.2, 0) is 12.8 Å². The van der Waals surface area contributed by atoms with Gasteiger partial charge in [0, 0.05) is 24.4 Å². The summed E-state index contributed by atoms with van der Waals surface area (Å²) in [5.74, 6) is -0.488. The van der Waals surface area contributed by atoms with Crippen LogP contribution in [0.3, 0.4) is 0 Å². The van der Waals surface area contributed by atoms with E-state index in [1.165, 1.54) is 12.1 Å². The molecule has 4 heteroatoms. The summed E-state index contributed by atoms with van der Waals surface area (Å²) in [5, 5.41) is 0.0377. The Morgan fingerprint density at radius 2 is 2.16 bits per heavy atom. The van der Waals surface area contributed by atoms with Gasteiger partial charge in [-0.2, -0.15) is 0 Å². The minimum absolute atomic E-state index is 0.0121. The number of hydrogen-bond acceptors (Lipinski definition) is 2. The second-order valence-electron chi connectivity index (χ2n) is 4.23. The smallest absolute Gasteiger partial charge is 0.167 e. The molecule has 0 aliphatic carbocycles. The Bertz CT molecular complexity index is 613. The van der Waals surface area contributed by atoms with Crippen LogP contribution in [0, 0.1) is 5.82 Å². The Balaban J connectivity index is 2.23. The van der Waals surface area contributed by atoms with Crippen molar-refractivity contribution in [3.05, 3.63) is 64.2 Å². The molecular weight excluding hydrogens is 265 g/mol. The van der Waals surface area contributed by atoms with Crippen molar-refractivity contribution in [1.29, 1.82) is 0 Å². The van der Waals surface area contributed by atoms with Gasteiger partial charge in [0.25, 0.3) is 0 Å². The molecule has 2 rings (SSSR count). The third kappa shape index (κ3) is 3.18. The summed E-state index contributed by atoms with van der Waals surface area (Å²) in [6.07, 6.45) is 4.25. The monoisotopic (exact) mass is 277 g/mol. The van der Waals surface area contributed by atoms with Crippen molar-refractivity contribution >= 4 is 17.4 Å². The summed E-state index contributed by atoms with van der Waals surface area (Å²) in [4.78, 5) is 16.2. The van der Waals surface area contributed by atoms with Crippen LogP contribution in [0.4, 0.5) is 4.39 Å². The lowest BCUT2D eigenvalue weighted by atomic mass is 9.99. The summed E-state index contributed by atoms with van der Waals surface area (Å²) in [6.45, 7) is 1.97. The number of rotatable bonds is 4. The van der Waals surface area contributed by atoms with Crippen molar-refractivity contribution in [3.8, 4) is 0 Å². The predicted octanol–water partition coefficient (Wildman–Crippen LogP) is 3.86. The van der Waals surface area contributed by atoms with Gasteiger partial charge in [0.15, 0.2) is 5.78 Å². The van der Waals surface area contributed by atoms with Gasteiger partial charge in [0.05, 0.1) is 5.02 Å². The fourth-order valence-corrected chi connectivity index (χ4v) is 2.11. The molecule has 0 amide bonds. The Kier molecular flexibility index (Phi) is 4.27. The summed E-state index contributed by atoms with van der Waals surface area (Å²) < 4.78 is 13.1. The molecule has 0 radical (unpaired) electrons. The number of aryl methyl sites for hydroxylation is 1. The number of ketones is 1. The molecule has 0 N–H and O–H groups in total. The molecule has 0 atom stereocenters. The first-order chi connectivity index (χ1) is 9.11. The van der Waals surface area contributed by atoms with Crippen LogP contribution < -0.4 is 0 Å². The standard InChI is InChI=1S/C15H13ClFNO/c1-2-11-9-18-6-5-12(11)15(19)8-10-3-4-14(17)13(16)7-10/h3-7,9H,2,8H2,1H3. The number of hydrogen-bond donors (Lipinski definition) is 0. The highest BCUT2D eigenvalue weighted by molar-refractivity contribution is 6.30. The molecule has 0 aliphatic heterocycles. The molecule has 2 aromatic rings. The number of aromatic nitrogens is 1. The number of carbonyl (C=O) groups is 1. The molecule has 0 bridgehead atoms. The summed E-state index contributed by atoms with van der Waals surface area (Å²) in [7, 11) is 0. The van der Waals surface area contributed by atoms with Crippen LogP contribution in [-0.4, -0.2) is 10.8 Å². The van der Waals surface area contributed by atoms with Crippen molar-refractivity contribution in [1.82, 2.24) is 4.98 Å². The third-order valence-corrected chi connectivity index (χ3v) is 3.22. The molecule has 98 valence electrons. The van der Waals surface area contributed by atoms with E-state index in [0.29, 0.717) is 11.1 Å². The number of pyridine rings is 1. The molecule has 2 nitrogen and oxygen atoms in total. The predicted molar refractivity (Wildman–Crippen MR) is 73.1 cm³/mol. The topological polar surface area (TPSA) is 30.0 Å². The van der Waals surface area contributed by atoms with Crippen LogP contribution in [0.5, 0.6) is 0 Å². The van der Waals surface area contributed by atoms with Crippen molar-refractivity contribution in [2.75, 3.05) is 0 Å². The quantitative estimate of drug-likeness (QED) is 0.794. The lowest BCUT2D eigenvalue weighted by molar-refractivity contribution is 0.0992. The number of carbonyl (C=O) groups excluding carboxylic acids is 1. The average molecular weight is 278 g/mol. The van der Waals surface area contributed by atoms with E-state index in [0.717, 1.165) is 12.0 Å². The summed E-state index contributed by atoms with van der Waals surface area (Å²) in [6, 6.07) is 6.05. The SMILES string of the molecule is CCc1cnccc1C(=O)Cc1ccc(F)c(Cl)c1. The zero-order valence-electron chi connectivity index (χ0n) is 10.5. The van der Waals surface area contributed by atoms with E-state index in [-0.39, 0.29) is 17.2 Å². The second kappa shape index (κ2) is 5.93. The molecule has 0 spiro atoms. The molecule has 0 saturated carbocycles. The highest BCUT2D eigenvalue weighted by Gasteiger charge is 2.12. The van der Waals surface area contributed by atoms with Crippen LogP contribution >= 0.6 is 11.6 Å². The van der Waals surface area contributed by atoms with E-state index < -0.39 is 5.82 Å². The van der Waals surface area contributed by atoms with Gasteiger partial charge in [-0.1, -0.05) is 24.6 Å². The number of halogens is 2. The second-order valence-corrected chi connectivity index (χ2v) is 4.64. The van der Waals surface area contributed by atoms with E-state index in [1.54, 1.807) is 24.5 Å². The van der Waals surface area contributed by atoms with Gasteiger partial charge in [-0.05, 0) is 35.7 Å². The molecule has 1 heterocycles. The van der Waals surface area contributed by atoms with Crippen molar-refractivity contribution in [3.63, 3.8) is 0 Å². The normalized spacial score (nSPS) is 10.5. The lowest BCUT2D eigenvalue weighted by Crippen LogP contribution is -2.07. The van der Waals surface area contributed by atoms with Gasteiger partial charge >= 0.3 is 0 Å². The maximum Gasteiger partial charge on any atom is 0.167 e. The Morgan fingerprint density at radius 3 is 2.84 bits per heavy atom. The van der Waals surface area contributed by atoms with Gasteiger partial charge < -0.3 is 0 Å². The van der Waals surface area contributed by atoms with Gasteiger partial charge in [-0.3, -0.25) is 9.78 Å². The third-order valence-electron chi connectivity index (χ3n) is 2.93. The van der Waals surface area contributed by atoms with Gasteiger partial charge in [-0.15, -0.1) is 0 Å². The van der Waals surface area contributed by atoms with Crippen molar-refractivity contribution < 1.29 is 9.18 Å². The molecule has 0 aliphatic rings. The van der Waals surface area contributed by atoms with Gasteiger partial charge in [0.1, 0.15) is 5.82 Å². The fourth-order valence-electron chi connectivity index (χ4n) is 1.91. The number of Topliss-reactive ketones (excluding diaryl/α,β-unsaturated/α-hetero) is 1. The number of benzene rings is 1. The van der Waals surface area contributed by atoms with Crippen LogP contribution in [0.1, 0.15) is 28.4 Å². The van der Waals surface area contributed by atoms with E-state index in [9.17, 15) is 9.18 Å². The first kappa shape index (κ1) is 13.7. The first-order valence-electron chi connectivity index (χ1n) is 6.01. The van der Waals surface area contributed by atoms with E-state index in [4.69, 9.17) is 11.6 Å². The molecule has 0 saturated heterocycles. The molecule has 1 aromatic heterocycles. The maximum absolute atomic E-state index is 13.1. The Hall–Kier alpha value is -1.74. The molecule has 0 unspecified atom stereocenters. The van der Waals surface area contributed by atoms with Gasteiger partial charge in [0.2, 0.25) is 0 Å². The Morgan fingerprint density at radius 1 is 1.37 bits per heavy atom. The van der Waals surface area contributed by atoms with Crippen molar-refractivity contribution in [2.24, 2.45) is 0 Å².